The maximum absolute atomic E-state index is 13.7. The van der Waals surface area contributed by atoms with Crippen molar-refractivity contribution in [2.24, 2.45) is 0 Å². The van der Waals surface area contributed by atoms with E-state index in [1.165, 1.54) is 19.2 Å². The molecule has 0 bridgehead atoms. The molecule has 4 nitrogen and oxygen atoms in total. The zero-order valence-electron chi connectivity index (χ0n) is 12.0. The van der Waals surface area contributed by atoms with E-state index >= 15 is 0 Å². The van der Waals surface area contributed by atoms with Crippen LogP contribution >= 0.6 is 0 Å². The van der Waals surface area contributed by atoms with E-state index in [1.807, 2.05) is 0 Å². The Morgan fingerprint density at radius 2 is 1.91 bits per heavy atom. The van der Waals surface area contributed by atoms with Crippen LogP contribution in [-0.2, 0) is 11.2 Å². The largest absolute Gasteiger partial charge is 0.465 e. The lowest BCUT2D eigenvalue weighted by Gasteiger charge is -2.28. The van der Waals surface area contributed by atoms with Gasteiger partial charge < -0.3 is 9.64 Å². The Morgan fingerprint density at radius 3 is 2.59 bits per heavy atom. The van der Waals surface area contributed by atoms with Gasteiger partial charge in [-0.1, -0.05) is 6.07 Å². The molecule has 0 aromatic heterocycles. The number of rotatable bonds is 2. The molecule has 0 N–H and O–H groups in total. The molecular formula is C17H14FNO3. The molecule has 1 amide bonds. The Hall–Kier alpha value is -2.69. The van der Waals surface area contributed by atoms with E-state index in [-0.39, 0.29) is 11.7 Å². The van der Waals surface area contributed by atoms with Gasteiger partial charge in [-0.05, 0) is 42.8 Å². The lowest BCUT2D eigenvalue weighted by Crippen LogP contribution is -2.38. The molecule has 112 valence electrons. The van der Waals surface area contributed by atoms with Crippen molar-refractivity contribution in [3.8, 4) is 0 Å². The molecule has 0 unspecified atom stereocenters. The molecule has 0 radical (unpaired) electrons. The van der Waals surface area contributed by atoms with Crippen LogP contribution in [0.2, 0.25) is 0 Å². The summed E-state index contributed by atoms with van der Waals surface area (Å²) in [5.74, 6) is -0.998. The van der Waals surface area contributed by atoms with Gasteiger partial charge in [0.25, 0.3) is 5.91 Å². The number of anilines is 1. The van der Waals surface area contributed by atoms with Gasteiger partial charge >= 0.3 is 5.97 Å². The van der Waals surface area contributed by atoms with Crippen LogP contribution in [0.4, 0.5) is 10.1 Å². The predicted octanol–water partition coefficient (Wildman–Crippen LogP) is 2.82. The second kappa shape index (κ2) is 5.60. The van der Waals surface area contributed by atoms with Crippen LogP contribution in [0.5, 0.6) is 0 Å². The number of esters is 1. The average molecular weight is 299 g/mol. The first-order valence-corrected chi connectivity index (χ1v) is 6.89. The summed E-state index contributed by atoms with van der Waals surface area (Å²) in [5.41, 5.74) is 1.95. The lowest BCUT2D eigenvalue weighted by molar-refractivity contribution is 0.0600. The molecule has 2 aromatic rings. The standard InChI is InChI=1S/C17H14FNO3/c1-22-17(21)11-5-7-12(8-6-11)19-10-9-13-14(16(19)20)3-2-4-15(13)18/h2-8H,9-10H2,1H3. The number of nitrogens with zero attached hydrogens (tertiary/aromatic N) is 1. The number of fused-ring (bicyclic) bond motifs is 1. The predicted molar refractivity (Wildman–Crippen MR) is 79.6 cm³/mol. The van der Waals surface area contributed by atoms with Gasteiger partial charge in [0.1, 0.15) is 5.82 Å². The summed E-state index contributed by atoms with van der Waals surface area (Å²) in [6, 6.07) is 11.1. The van der Waals surface area contributed by atoms with Crippen molar-refractivity contribution in [1.29, 1.82) is 0 Å². The molecule has 22 heavy (non-hydrogen) atoms. The number of amides is 1. The van der Waals surface area contributed by atoms with Gasteiger partial charge in [-0.25, -0.2) is 9.18 Å². The zero-order chi connectivity index (χ0) is 15.7. The molecule has 1 heterocycles. The highest BCUT2D eigenvalue weighted by Crippen LogP contribution is 2.26. The van der Waals surface area contributed by atoms with Crippen LogP contribution in [0.25, 0.3) is 0 Å². The van der Waals surface area contributed by atoms with Gasteiger partial charge in [-0.2, -0.15) is 0 Å². The van der Waals surface area contributed by atoms with E-state index in [1.54, 1.807) is 35.2 Å². The van der Waals surface area contributed by atoms with Crippen LogP contribution in [0, 0.1) is 5.82 Å². The number of benzene rings is 2. The van der Waals surface area contributed by atoms with E-state index in [0.717, 1.165) is 0 Å². The summed E-state index contributed by atoms with van der Waals surface area (Å²) in [4.78, 5) is 25.5. The van der Waals surface area contributed by atoms with Crippen LogP contribution in [0.1, 0.15) is 26.3 Å². The molecule has 3 rings (SSSR count). The fraction of sp³-hybridized carbons (Fsp3) is 0.176. The average Bonchev–Trinajstić information content (AvgIpc) is 2.55. The van der Waals surface area contributed by atoms with E-state index in [4.69, 9.17) is 0 Å². The van der Waals surface area contributed by atoms with Gasteiger partial charge in [0, 0.05) is 23.4 Å². The molecule has 0 spiro atoms. The third-order valence-electron chi connectivity index (χ3n) is 3.78. The summed E-state index contributed by atoms with van der Waals surface area (Å²) in [5, 5.41) is 0. The monoisotopic (exact) mass is 299 g/mol. The van der Waals surface area contributed by atoms with E-state index in [9.17, 15) is 14.0 Å². The molecule has 0 saturated heterocycles. The Bertz CT molecular complexity index is 740. The number of carbonyl (C=O) groups excluding carboxylic acids is 2. The fourth-order valence-electron chi connectivity index (χ4n) is 2.63. The first-order valence-electron chi connectivity index (χ1n) is 6.89. The minimum atomic E-state index is -0.427. The molecule has 2 aromatic carbocycles. The normalized spacial score (nSPS) is 13.7. The number of hydrogen-bond acceptors (Lipinski definition) is 3. The molecular weight excluding hydrogens is 285 g/mol. The number of halogens is 1. The summed E-state index contributed by atoms with van der Waals surface area (Å²) >= 11 is 0. The van der Waals surface area contributed by atoms with Crippen LogP contribution in [0.15, 0.2) is 42.5 Å². The quantitative estimate of drug-likeness (QED) is 0.801. The highest BCUT2D eigenvalue weighted by Gasteiger charge is 2.27. The topological polar surface area (TPSA) is 46.6 Å². The minimum absolute atomic E-state index is 0.230. The maximum Gasteiger partial charge on any atom is 0.337 e. The van der Waals surface area contributed by atoms with Gasteiger partial charge in [-0.3, -0.25) is 4.79 Å². The highest BCUT2D eigenvalue weighted by molar-refractivity contribution is 6.08. The molecule has 1 aliphatic rings. The Labute approximate surface area is 127 Å². The fourth-order valence-corrected chi connectivity index (χ4v) is 2.63. The minimum Gasteiger partial charge on any atom is -0.465 e. The van der Waals surface area contributed by atoms with E-state index < -0.39 is 5.97 Å². The third-order valence-corrected chi connectivity index (χ3v) is 3.78. The maximum atomic E-state index is 13.7. The molecule has 0 fully saturated rings. The van der Waals surface area contributed by atoms with Crippen molar-refractivity contribution in [3.63, 3.8) is 0 Å². The van der Waals surface area contributed by atoms with Crippen molar-refractivity contribution in [1.82, 2.24) is 0 Å². The van der Waals surface area contributed by atoms with Crippen molar-refractivity contribution < 1.29 is 18.7 Å². The smallest absolute Gasteiger partial charge is 0.337 e. The van der Waals surface area contributed by atoms with Gasteiger partial charge in [0.2, 0.25) is 0 Å². The summed E-state index contributed by atoms with van der Waals surface area (Å²) in [6.07, 6.45) is 0.465. The number of carbonyl (C=O) groups is 2. The summed E-state index contributed by atoms with van der Waals surface area (Å²) < 4.78 is 18.4. The van der Waals surface area contributed by atoms with Crippen LogP contribution in [-0.4, -0.2) is 25.5 Å². The van der Waals surface area contributed by atoms with E-state index in [0.29, 0.717) is 35.3 Å². The molecule has 0 aliphatic carbocycles. The Kier molecular flexibility index (Phi) is 3.63. The van der Waals surface area contributed by atoms with Crippen LogP contribution in [0.3, 0.4) is 0 Å². The van der Waals surface area contributed by atoms with E-state index in [2.05, 4.69) is 4.74 Å². The van der Waals surface area contributed by atoms with Crippen molar-refractivity contribution in [3.05, 3.63) is 65.0 Å². The number of hydrogen-bond donors (Lipinski definition) is 0. The van der Waals surface area contributed by atoms with Crippen LogP contribution < -0.4 is 4.90 Å². The van der Waals surface area contributed by atoms with Crippen molar-refractivity contribution in [2.45, 2.75) is 6.42 Å². The number of methoxy groups -OCH3 is 1. The van der Waals surface area contributed by atoms with Gasteiger partial charge in [0.05, 0.1) is 12.7 Å². The Balaban J connectivity index is 1.91. The van der Waals surface area contributed by atoms with Gasteiger partial charge in [0.15, 0.2) is 0 Å². The molecule has 0 saturated carbocycles. The third kappa shape index (κ3) is 2.35. The first-order chi connectivity index (χ1) is 10.6. The molecule has 1 aliphatic heterocycles. The summed E-state index contributed by atoms with van der Waals surface area (Å²) in [6.45, 7) is 0.407. The zero-order valence-corrected chi connectivity index (χ0v) is 12.0. The second-order valence-electron chi connectivity index (χ2n) is 5.01. The van der Waals surface area contributed by atoms with Gasteiger partial charge in [-0.15, -0.1) is 0 Å². The summed E-state index contributed by atoms with van der Waals surface area (Å²) in [7, 11) is 1.32. The number of ether oxygens (including phenoxy) is 1. The van der Waals surface area contributed by atoms with Crippen molar-refractivity contribution in [2.75, 3.05) is 18.6 Å². The highest BCUT2D eigenvalue weighted by atomic mass is 19.1. The second-order valence-corrected chi connectivity index (χ2v) is 5.01. The molecule has 0 atom stereocenters. The molecule has 5 heteroatoms. The SMILES string of the molecule is COC(=O)c1ccc(N2CCc3c(F)cccc3C2=O)cc1. The lowest BCUT2D eigenvalue weighted by atomic mass is 9.98. The Morgan fingerprint density at radius 1 is 1.18 bits per heavy atom. The first kappa shape index (κ1) is 14.3. The van der Waals surface area contributed by atoms with Crippen molar-refractivity contribution >= 4 is 17.6 Å².